The standard InChI is InChI=1S/C23H12F4N2O/c1-30-17-11-28-23(29-12-17)16-9-19(24)18(20(25)10-16)5-3-13-2-4-14-7-21(26)22(27)8-15(14)6-13/h2,4,6-12H,1H3. The lowest BCUT2D eigenvalue weighted by molar-refractivity contribution is 0.411. The predicted octanol–water partition coefficient (Wildman–Crippen LogP) is 5.26. The highest BCUT2D eigenvalue weighted by Gasteiger charge is 2.12. The van der Waals surface area contributed by atoms with Gasteiger partial charge in [-0.15, -0.1) is 0 Å². The number of nitrogens with zero attached hydrogens (tertiary/aromatic N) is 2. The van der Waals surface area contributed by atoms with Gasteiger partial charge in [-0.25, -0.2) is 27.5 Å². The molecule has 0 atom stereocenters. The summed E-state index contributed by atoms with van der Waals surface area (Å²) in [6.45, 7) is 0. The van der Waals surface area contributed by atoms with Gasteiger partial charge in [-0.05, 0) is 47.2 Å². The molecular formula is C23H12F4N2O. The molecule has 1 heterocycles. The zero-order valence-corrected chi connectivity index (χ0v) is 15.5. The average Bonchev–Trinajstić information content (AvgIpc) is 2.74. The molecule has 0 aliphatic rings. The third-order valence-corrected chi connectivity index (χ3v) is 4.38. The summed E-state index contributed by atoms with van der Waals surface area (Å²) < 4.78 is 60.6. The first-order valence-electron chi connectivity index (χ1n) is 8.71. The van der Waals surface area contributed by atoms with Crippen LogP contribution in [0.25, 0.3) is 22.2 Å². The zero-order valence-electron chi connectivity index (χ0n) is 15.5. The van der Waals surface area contributed by atoms with Crippen molar-refractivity contribution < 1.29 is 22.3 Å². The Kier molecular flexibility index (Phi) is 5.07. The molecule has 4 aromatic rings. The van der Waals surface area contributed by atoms with E-state index in [0.717, 1.165) is 24.3 Å². The zero-order chi connectivity index (χ0) is 21.3. The van der Waals surface area contributed by atoms with Gasteiger partial charge in [0.15, 0.2) is 23.2 Å². The number of benzene rings is 3. The van der Waals surface area contributed by atoms with Crippen molar-refractivity contribution in [3.63, 3.8) is 0 Å². The van der Waals surface area contributed by atoms with Crippen LogP contribution in [-0.2, 0) is 0 Å². The molecule has 1 aromatic heterocycles. The average molecular weight is 408 g/mol. The number of fused-ring (bicyclic) bond motifs is 1. The van der Waals surface area contributed by atoms with Gasteiger partial charge in [-0.2, -0.15) is 0 Å². The summed E-state index contributed by atoms with van der Waals surface area (Å²) in [5.74, 6) is 1.98. The molecule has 0 aliphatic carbocycles. The second-order valence-corrected chi connectivity index (χ2v) is 6.34. The molecule has 3 nitrogen and oxygen atoms in total. The van der Waals surface area contributed by atoms with Gasteiger partial charge >= 0.3 is 0 Å². The second kappa shape index (κ2) is 7.84. The van der Waals surface area contributed by atoms with E-state index in [2.05, 4.69) is 21.8 Å². The number of methoxy groups -OCH3 is 1. The summed E-state index contributed by atoms with van der Waals surface area (Å²) in [7, 11) is 1.45. The van der Waals surface area contributed by atoms with Gasteiger partial charge < -0.3 is 4.74 Å². The van der Waals surface area contributed by atoms with E-state index in [1.54, 1.807) is 12.1 Å². The summed E-state index contributed by atoms with van der Waals surface area (Å²) in [4.78, 5) is 8.01. The Hall–Kier alpha value is -3.92. The van der Waals surface area contributed by atoms with Crippen LogP contribution in [0.2, 0.25) is 0 Å². The van der Waals surface area contributed by atoms with Crippen molar-refractivity contribution in [3.8, 4) is 29.0 Å². The molecule has 4 rings (SSSR count). The Morgan fingerprint density at radius 1 is 0.733 bits per heavy atom. The molecule has 0 fully saturated rings. The van der Waals surface area contributed by atoms with Crippen LogP contribution in [0.5, 0.6) is 5.75 Å². The van der Waals surface area contributed by atoms with Crippen LogP contribution in [-0.4, -0.2) is 17.1 Å². The SMILES string of the molecule is COc1cnc(-c2cc(F)c(C#Cc3ccc4cc(F)c(F)cc4c3)c(F)c2)nc1. The number of rotatable bonds is 2. The molecule has 30 heavy (non-hydrogen) atoms. The monoisotopic (exact) mass is 408 g/mol. The maximum Gasteiger partial charge on any atom is 0.159 e. The Balaban J connectivity index is 1.68. The molecule has 0 unspecified atom stereocenters. The smallest absolute Gasteiger partial charge is 0.159 e. The minimum Gasteiger partial charge on any atom is -0.494 e. The van der Waals surface area contributed by atoms with Crippen LogP contribution in [0.15, 0.2) is 54.9 Å². The summed E-state index contributed by atoms with van der Waals surface area (Å²) in [6.07, 6.45) is 2.78. The second-order valence-electron chi connectivity index (χ2n) is 6.34. The normalized spacial score (nSPS) is 10.6. The van der Waals surface area contributed by atoms with E-state index >= 15 is 0 Å². The molecule has 0 saturated carbocycles. The first-order valence-corrected chi connectivity index (χ1v) is 8.71. The Labute approximate surface area is 169 Å². The summed E-state index contributed by atoms with van der Waals surface area (Å²) >= 11 is 0. The molecule has 0 bridgehead atoms. The molecule has 0 N–H and O–H groups in total. The molecule has 0 aliphatic heterocycles. The van der Waals surface area contributed by atoms with E-state index in [9.17, 15) is 17.6 Å². The van der Waals surface area contributed by atoms with Crippen LogP contribution in [0.4, 0.5) is 17.6 Å². The fourth-order valence-electron chi connectivity index (χ4n) is 2.85. The third-order valence-electron chi connectivity index (χ3n) is 4.38. The van der Waals surface area contributed by atoms with E-state index in [4.69, 9.17) is 4.74 Å². The molecular weight excluding hydrogens is 396 g/mol. The van der Waals surface area contributed by atoms with Crippen molar-refractivity contribution in [2.24, 2.45) is 0 Å². The van der Waals surface area contributed by atoms with Crippen molar-refractivity contribution in [1.29, 1.82) is 0 Å². The number of ether oxygens (including phenoxy) is 1. The fraction of sp³-hybridized carbons (Fsp3) is 0.0435. The molecule has 0 spiro atoms. The van der Waals surface area contributed by atoms with Crippen molar-refractivity contribution in [1.82, 2.24) is 9.97 Å². The molecule has 7 heteroatoms. The van der Waals surface area contributed by atoms with Gasteiger partial charge in [-0.1, -0.05) is 17.9 Å². The van der Waals surface area contributed by atoms with Gasteiger partial charge in [0.2, 0.25) is 0 Å². The highest BCUT2D eigenvalue weighted by molar-refractivity contribution is 5.84. The number of aromatic nitrogens is 2. The van der Waals surface area contributed by atoms with E-state index < -0.39 is 28.8 Å². The van der Waals surface area contributed by atoms with Crippen LogP contribution >= 0.6 is 0 Å². The van der Waals surface area contributed by atoms with Gasteiger partial charge in [0, 0.05) is 11.1 Å². The van der Waals surface area contributed by atoms with Crippen LogP contribution in [0.1, 0.15) is 11.1 Å². The topological polar surface area (TPSA) is 35.0 Å². The van der Waals surface area contributed by atoms with Crippen LogP contribution in [0.3, 0.4) is 0 Å². The summed E-state index contributed by atoms with van der Waals surface area (Å²) in [5.41, 5.74) is 0.133. The lowest BCUT2D eigenvalue weighted by atomic mass is 10.1. The number of hydrogen-bond acceptors (Lipinski definition) is 3. The molecule has 0 amide bonds. The summed E-state index contributed by atoms with van der Waals surface area (Å²) in [6, 6.07) is 8.92. The van der Waals surface area contributed by atoms with Crippen molar-refractivity contribution in [2.75, 3.05) is 7.11 Å². The lowest BCUT2D eigenvalue weighted by Crippen LogP contribution is -1.96. The fourth-order valence-corrected chi connectivity index (χ4v) is 2.85. The highest BCUT2D eigenvalue weighted by Crippen LogP contribution is 2.23. The third kappa shape index (κ3) is 3.80. The maximum atomic E-state index is 14.5. The Morgan fingerprint density at radius 2 is 1.37 bits per heavy atom. The van der Waals surface area contributed by atoms with Gasteiger partial charge in [0.1, 0.15) is 11.6 Å². The van der Waals surface area contributed by atoms with Crippen LogP contribution in [0, 0.1) is 35.1 Å². The van der Waals surface area contributed by atoms with E-state index in [1.165, 1.54) is 25.6 Å². The van der Waals surface area contributed by atoms with E-state index in [0.29, 0.717) is 22.1 Å². The van der Waals surface area contributed by atoms with Gasteiger partial charge in [0.25, 0.3) is 0 Å². The van der Waals surface area contributed by atoms with Crippen molar-refractivity contribution in [2.45, 2.75) is 0 Å². The summed E-state index contributed by atoms with van der Waals surface area (Å²) in [5, 5.41) is 0.911. The Morgan fingerprint density at radius 3 is 2.00 bits per heavy atom. The van der Waals surface area contributed by atoms with Gasteiger partial charge in [-0.3, -0.25) is 0 Å². The first-order chi connectivity index (χ1) is 14.4. The van der Waals surface area contributed by atoms with E-state index in [-0.39, 0.29) is 11.4 Å². The molecule has 0 saturated heterocycles. The minimum atomic E-state index is -0.985. The minimum absolute atomic E-state index is 0.136. The first kappa shape index (κ1) is 19.4. The predicted molar refractivity (Wildman–Crippen MR) is 104 cm³/mol. The largest absolute Gasteiger partial charge is 0.494 e. The van der Waals surface area contributed by atoms with Crippen molar-refractivity contribution in [3.05, 3.63) is 89.3 Å². The number of halogens is 4. The maximum absolute atomic E-state index is 14.5. The van der Waals surface area contributed by atoms with Gasteiger partial charge in [0.05, 0.1) is 25.1 Å². The molecule has 0 radical (unpaired) electrons. The van der Waals surface area contributed by atoms with Crippen molar-refractivity contribution >= 4 is 10.8 Å². The highest BCUT2D eigenvalue weighted by atomic mass is 19.2. The molecule has 3 aromatic carbocycles. The lowest BCUT2D eigenvalue weighted by Gasteiger charge is -2.04. The Bertz CT molecular complexity index is 1300. The molecule has 148 valence electrons. The quantitative estimate of drug-likeness (QED) is 0.335. The number of hydrogen-bond donors (Lipinski definition) is 0. The van der Waals surface area contributed by atoms with E-state index in [1.807, 2.05) is 0 Å². The van der Waals surface area contributed by atoms with Crippen LogP contribution < -0.4 is 4.74 Å².